The summed E-state index contributed by atoms with van der Waals surface area (Å²) in [6.07, 6.45) is 2.42. The van der Waals surface area contributed by atoms with Crippen LogP contribution in [0.2, 0.25) is 0 Å². The summed E-state index contributed by atoms with van der Waals surface area (Å²) in [5, 5.41) is 4.97. The van der Waals surface area contributed by atoms with Crippen LogP contribution in [-0.2, 0) is 15.5 Å². The van der Waals surface area contributed by atoms with Crippen molar-refractivity contribution in [3.8, 4) is 0 Å². The van der Waals surface area contributed by atoms with Crippen molar-refractivity contribution in [2.45, 2.75) is 12.2 Å². The molecule has 0 aliphatic heterocycles. The van der Waals surface area contributed by atoms with Crippen LogP contribution < -0.4 is 5.32 Å². The molecular formula is C13H17N2O3PS. The fraction of sp³-hybridized carbons (Fsp3) is 0.308. The number of pyridine rings is 1. The van der Waals surface area contributed by atoms with Crippen LogP contribution in [0.25, 0.3) is 0 Å². The van der Waals surface area contributed by atoms with Crippen molar-refractivity contribution in [1.29, 1.82) is 0 Å². The van der Waals surface area contributed by atoms with Gasteiger partial charge in [0.25, 0.3) is 0 Å². The highest BCUT2D eigenvalue weighted by atomic mass is 32.1. The zero-order valence-electron chi connectivity index (χ0n) is 11.1. The predicted molar refractivity (Wildman–Crippen MR) is 79.8 cm³/mol. The maximum atomic E-state index is 12.1. The van der Waals surface area contributed by atoms with Gasteiger partial charge in [-0.15, -0.1) is 11.3 Å². The van der Waals surface area contributed by atoms with Gasteiger partial charge in [-0.05, 0) is 23.6 Å². The topological polar surface area (TPSA) is 71.5 Å². The molecule has 0 saturated carbocycles. The van der Waals surface area contributed by atoms with E-state index in [2.05, 4.69) is 10.3 Å². The van der Waals surface area contributed by atoms with Gasteiger partial charge in [0.15, 0.2) is 0 Å². The van der Waals surface area contributed by atoms with Crippen LogP contribution in [0, 0.1) is 0 Å². The molecule has 0 amide bonds. The van der Waals surface area contributed by atoms with Crippen molar-refractivity contribution in [2.24, 2.45) is 0 Å². The first-order chi connectivity index (χ1) is 9.63. The number of aromatic nitrogens is 1. The molecule has 2 N–H and O–H groups in total. The summed E-state index contributed by atoms with van der Waals surface area (Å²) in [7, 11) is -2.46. The average molecular weight is 312 g/mol. The average Bonchev–Trinajstić information content (AvgIpc) is 2.98. The molecule has 0 aliphatic rings. The van der Waals surface area contributed by atoms with E-state index in [1.807, 2.05) is 35.7 Å². The molecule has 0 saturated heterocycles. The lowest BCUT2D eigenvalue weighted by Crippen LogP contribution is -2.24. The molecule has 2 aromatic rings. The van der Waals surface area contributed by atoms with E-state index in [1.54, 1.807) is 6.20 Å². The van der Waals surface area contributed by atoms with Crippen molar-refractivity contribution in [2.75, 3.05) is 13.7 Å². The van der Waals surface area contributed by atoms with Gasteiger partial charge in [-0.2, -0.15) is 0 Å². The van der Waals surface area contributed by atoms with Crippen LogP contribution in [0.3, 0.4) is 0 Å². The van der Waals surface area contributed by atoms with E-state index in [0.717, 1.165) is 10.6 Å². The summed E-state index contributed by atoms with van der Waals surface area (Å²) >= 11 is 1.43. The highest BCUT2D eigenvalue weighted by Gasteiger charge is 2.33. The quantitative estimate of drug-likeness (QED) is 0.769. The minimum Gasteiger partial charge on any atom is -0.323 e. The fourth-order valence-corrected chi connectivity index (χ4v) is 4.06. The smallest absolute Gasteiger partial charge is 0.323 e. The van der Waals surface area contributed by atoms with Gasteiger partial charge in [-0.3, -0.25) is 14.9 Å². The lowest BCUT2D eigenvalue weighted by molar-refractivity contribution is 0.297. The molecule has 2 atom stereocenters. The summed E-state index contributed by atoms with van der Waals surface area (Å²) in [5.74, 6) is -0.698. The van der Waals surface area contributed by atoms with Gasteiger partial charge in [0.05, 0.1) is 0 Å². The van der Waals surface area contributed by atoms with Gasteiger partial charge in [0, 0.05) is 36.8 Å². The summed E-state index contributed by atoms with van der Waals surface area (Å²) in [6, 6.07) is 9.38. The summed E-state index contributed by atoms with van der Waals surface area (Å²) < 4.78 is 16.9. The number of hydrogen-bond acceptors (Lipinski definition) is 5. The molecule has 0 aromatic carbocycles. The zero-order chi connectivity index (χ0) is 14.4. The Labute approximate surface area is 122 Å². The Balaban J connectivity index is 2.01. The SMILES string of the molecule is COP(=O)(O)C(NCCc1ccccn1)c1cccs1. The van der Waals surface area contributed by atoms with E-state index in [-0.39, 0.29) is 0 Å². The molecule has 20 heavy (non-hydrogen) atoms. The molecule has 108 valence electrons. The van der Waals surface area contributed by atoms with E-state index < -0.39 is 13.4 Å². The van der Waals surface area contributed by atoms with Crippen LogP contribution in [0.5, 0.6) is 0 Å². The molecule has 0 spiro atoms. The standard InChI is InChI=1S/C13H17N2O3PS/c1-18-19(16,17)13(12-6-4-10-20-12)15-9-7-11-5-2-3-8-14-11/h2-6,8,10,13,15H,7,9H2,1H3,(H,16,17). The molecule has 2 unspecified atom stereocenters. The molecule has 0 aliphatic carbocycles. The molecular weight excluding hydrogens is 295 g/mol. The van der Waals surface area contributed by atoms with Crippen LogP contribution >= 0.6 is 18.9 Å². The maximum Gasteiger partial charge on any atom is 0.349 e. The number of nitrogens with one attached hydrogen (secondary N) is 1. The minimum absolute atomic E-state index is 0.549. The zero-order valence-corrected chi connectivity index (χ0v) is 12.8. The van der Waals surface area contributed by atoms with Crippen LogP contribution in [0.1, 0.15) is 16.4 Å². The molecule has 2 aromatic heterocycles. The molecule has 5 nitrogen and oxygen atoms in total. The molecule has 7 heteroatoms. The number of thiophene rings is 1. The Morgan fingerprint density at radius 1 is 1.45 bits per heavy atom. The van der Waals surface area contributed by atoms with Crippen LogP contribution in [0.4, 0.5) is 0 Å². The van der Waals surface area contributed by atoms with Crippen molar-refractivity contribution >= 4 is 18.9 Å². The van der Waals surface area contributed by atoms with Gasteiger partial charge in [-0.1, -0.05) is 12.1 Å². The monoisotopic (exact) mass is 312 g/mol. The molecule has 0 fully saturated rings. The number of rotatable bonds is 7. The lowest BCUT2D eigenvalue weighted by atomic mass is 10.3. The van der Waals surface area contributed by atoms with Gasteiger partial charge < -0.3 is 9.42 Å². The van der Waals surface area contributed by atoms with Crippen molar-refractivity contribution < 1.29 is 14.0 Å². The van der Waals surface area contributed by atoms with E-state index in [4.69, 9.17) is 4.52 Å². The highest BCUT2D eigenvalue weighted by molar-refractivity contribution is 7.53. The van der Waals surface area contributed by atoms with Gasteiger partial charge in [0.2, 0.25) is 0 Å². The number of hydrogen-bond donors (Lipinski definition) is 2. The summed E-state index contributed by atoms with van der Waals surface area (Å²) in [6.45, 7) is 0.549. The normalized spacial score (nSPS) is 15.7. The Bertz CT molecular complexity index is 562. The molecule has 2 heterocycles. The first-order valence-corrected chi connectivity index (χ1v) is 8.71. The summed E-state index contributed by atoms with van der Waals surface area (Å²) in [5.41, 5.74) is 0.940. The van der Waals surface area contributed by atoms with Gasteiger partial charge in [0.1, 0.15) is 5.78 Å². The van der Waals surface area contributed by atoms with Gasteiger partial charge in [-0.25, -0.2) is 0 Å². The highest BCUT2D eigenvalue weighted by Crippen LogP contribution is 2.55. The number of nitrogens with zero attached hydrogens (tertiary/aromatic N) is 1. The van der Waals surface area contributed by atoms with E-state index in [1.165, 1.54) is 18.4 Å². The van der Waals surface area contributed by atoms with E-state index >= 15 is 0 Å². The van der Waals surface area contributed by atoms with E-state index in [0.29, 0.717) is 13.0 Å². The Kier molecular flexibility index (Phi) is 5.46. The fourth-order valence-electron chi connectivity index (χ4n) is 1.81. The van der Waals surface area contributed by atoms with Crippen LogP contribution in [-0.4, -0.2) is 23.5 Å². The van der Waals surface area contributed by atoms with E-state index in [9.17, 15) is 9.46 Å². The Morgan fingerprint density at radius 3 is 2.90 bits per heavy atom. The van der Waals surface area contributed by atoms with Crippen molar-refractivity contribution in [3.05, 3.63) is 52.5 Å². The lowest BCUT2D eigenvalue weighted by Gasteiger charge is -2.21. The first kappa shape index (κ1) is 15.4. The molecule has 0 bridgehead atoms. The second-order valence-electron chi connectivity index (χ2n) is 4.19. The minimum atomic E-state index is -3.71. The third kappa shape index (κ3) is 3.98. The van der Waals surface area contributed by atoms with Gasteiger partial charge >= 0.3 is 7.60 Å². The second kappa shape index (κ2) is 7.11. The maximum absolute atomic E-state index is 12.1. The Hall–Kier alpha value is -1.04. The van der Waals surface area contributed by atoms with Crippen LogP contribution in [0.15, 0.2) is 41.9 Å². The predicted octanol–water partition coefficient (Wildman–Crippen LogP) is 2.81. The summed E-state index contributed by atoms with van der Waals surface area (Å²) in [4.78, 5) is 14.9. The molecule has 0 radical (unpaired) electrons. The van der Waals surface area contributed by atoms with Crippen molar-refractivity contribution in [3.63, 3.8) is 0 Å². The Morgan fingerprint density at radius 2 is 2.30 bits per heavy atom. The third-order valence-corrected chi connectivity index (χ3v) is 5.59. The second-order valence-corrected chi connectivity index (χ2v) is 7.18. The molecule has 2 rings (SSSR count). The third-order valence-electron chi connectivity index (χ3n) is 2.85. The van der Waals surface area contributed by atoms with Crippen molar-refractivity contribution in [1.82, 2.24) is 10.3 Å². The first-order valence-electron chi connectivity index (χ1n) is 6.18. The largest absolute Gasteiger partial charge is 0.349 e.